The van der Waals surface area contributed by atoms with Crippen LogP contribution >= 0.6 is 11.3 Å². The lowest BCUT2D eigenvalue weighted by Gasteiger charge is -2.13. The third-order valence-electron chi connectivity index (χ3n) is 4.03. The maximum Gasteiger partial charge on any atom is 0.261 e. The standard InChI is InChI=1S/C20H21N3O2S/c1-13-6-4-5-7-15(13)11-21-16-8-9-17(18(10-16)25-3)19(24)23-20-22-14(2)12-26-20/h4-10,12,21H,11H2,1-3H3,(H,22,23,24). The summed E-state index contributed by atoms with van der Waals surface area (Å²) in [5, 5.41) is 8.65. The van der Waals surface area contributed by atoms with Crippen LogP contribution in [0.4, 0.5) is 10.8 Å². The molecule has 2 N–H and O–H groups in total. The molecule has 26 heavy (non-hydrogen) atoms. The first-order chi connectivity index (χ1) is 12.6. The number of aromatic nitrogens is 1. The van der Waals surface area contributed by atoms with Gasteiger partial charge in [-0.1, -0.05) is 24.3 Å². The number of ether oxygens (including phenoxy) is 1. The van der Waals surface area contributed by atoms with Crippen LogP contribution in [0.2, 0.25) is 0 Å². The number of rotatable bonds is 6. The summed E-state index contributed by atoms with van der Waals surface area (Å²) in [5.41, 5.74) is 4.72. The van der Waals surface area contributed by atoms with Crippen LogP contribution in [0.25, 0.3) is 0 Å². The SMILES string of the molecule is COc1cc(NCc2ccccc2C)ccc1C(=O)Nc1nc(C)cs1. The molecule has 0 aliphatic carbocycles. The molecule has 1 heterocycles. The van der Waals surface area contributed by atoms with Crippen LogP contribution in [0.3, 0.4) is 0 Å². The first kappa shape index (κ1) is 17.9. The Bertz CT molecular complexity index is 921. The molecule has 0 aliphatic heterocycles. The van der Waals surface area contributed by atoms with Gasteiger partial charge in [0.05, 0.1) is 18.4 Å². The number of nitrogens with one attached hydrogen (secondary N) is 2. The number of methoxy groups -OCH3 is 1. The lowest BCUT2D eigenvalue weighted by Crippen LogP contribution is -2.13. The molecule has 2 aromatic carbocycles. The topological polar surface area (TPSA) is 63.2 Å². The van der Waals surface area contributed by atoms with Crippen molar-refractivity contribution in [3.05, 3.63) is 70.2 Å². The largest absolute Gasteiger partial charge is 0.496 e. The van der Waals surface area contributed by atoms with Crippen molar-refractivity contribution in [2.24, 2.45) is 0 Å². The van der Waals surface area contributed by atoms with Crippen LogP contribution in [0, 0.1) is 13.8 Å². The molecule has 134 valence electrons. The van der Waals surface area contributed by atoms with Crippen molar-refractivity contribution in [1.82, 2.24) is 4.98 Å². The Kier molecular flexibility index (Phi) is 5.53. The Morgan fingerprint density at radius 3 is 2.69 bits per heavy atom. The summed E-state index contributed by atoms with van der Waals surface area (Å²) >= 11 is 1.40. The summed E-state index contributed by atoms with van der Waals surface area (Å²) in [6.07, 6.45) is 0. The van der Waals surface area contributed by atoms with Crippen molar-refractivity contribution < 1.29 is 9.53 Å². The van der Waals surface area contributed by atoms with Crippen LogP contribution in [-0.4, -0.2) is 18.0 Å². The van der Waals surface area contributed by atoms with Crippen molar-refractivity contribution >= 4 is 28.1 Å². The van der Waals surface area contributed by atoms with E-state index < -0.39 is 0 Å². The average Bonchev–Trinajstić information content (AvgIpc) is 3.05. The molecule has 5 nitrogen and oxygen atoms in total. The van der Waals surface area contributed by atoms with Gasteiger partial charge in [-0.2, -0.15) is 0 Å². The highest BCUT2D eigenvalue weighted by Crippen LogP contribution is 2.25. The van der Waals surface area contributed by atoms with Crippen molar-refractivity contribution in [2.45, 2.75) is 20.4 Å². The van der Waals surface area contributed by atoms with E-state index in [0.29, 0.717) is 23.0 Å². The molecule has 0 bridgehead atoms. The number of thiazole rings is 1. The minimum atomic E-state index is -0.235. The molecule has 0 fully saturated rings. The first-order valence-electron chi connectivity index (χ1n) is 8.26. The van der Waals surface area contributed by atoms with Gasteiger partial charge in [0.15, 0.2) is 5.13 Å². The van der Waals surface area contributed by atoms with Crippen LogP contribution in [0.15, 0.2) is 47.8 Å². The average molecular weight is 367 g/mol. The van der Waals surface area contributed by atoms with E-state index in [0.717, 1.165) is 11.4 Å². The third kappa shape index (κ3) is 4.21. The number of amides is 1. The summed E-state index contributed by atoms with van der Waals surface area (Å²) < 4.78 is 5.41. The highest BCUT2D eigenvalue weighted by molar-refractivity contribution is 7.13. The Morgan fingerprint density at radius 1 is 1.19 bits per heavy atom. The Labute approximate surface area is 157 Å². The second-order valence-electron chi connectivity index (χ2n) is 5.94. The highest BCUT2D eigenvalue weighted by Gasteiger charge is 2.14. The van der Waals surface area contributed by atoms with Gasteiger partial charge in [-0.15, -0.1) is 11.3 Å². The van der Waals surface area contributed by atoms with Gasteiger partial charge in [0.25, 0.3) is 5.91 Å². The maximum absolute atomic E-state index is 12.5. The summed E-state index contributed by atoms with van der Waals surface area (Å²) in [5.74, 6) is 0.284. The molecular weight excluding hydrogens is 346 g/mol. The monoisotopic (exact) mass is 367 g/mol. The Morgan fingerprint density at radius 2 is 2.00 bits per heavy atom. The molecule has 6 heteroatoms. The lowest BCUT2D eigenvalue weighted by molar-refractivity contribution is 0.102. The van der Waals surface area contributed by atoms with E-state index in [-0.39, 0.29) is 5.91 Å². The number of carbonyl (C=O) groups is 1. The van der Waals surface area contributed by atoms with E-state index in [1.165, 1.54) is 22.5 Å². The molecule has 0 unspecified atom stereocenters. The number of benzene rings is 2. The molecule has 0 spiro atoms. The smallest absolute Gasteiger partial charge is 0.261 e. The minimum Gasteiger partial charge on any atom is -0.496 e. The number of anilines is 2. The fourth-order valence-corrected chi connectivity index (χ4v) is 3.25. The van der Waals surface area contributed by atoms with Crippen molar-refractivity contribution in [2.75, 3.05) is 17.7 Å². The quantitative estimate of drug-likeness (QED) is 0.667. The fourth-order valence-electron chi connectivity index (χ4n) is 2.57. The maximum atomic E-state index is 12.5. The predicted molar refractivity (Wildman–Crippen MR) is 106 cm³/mol. The molecule has 0 aliphatic rings. The van der Waals surface area contributed by atoms with Crippen LogP contribution < -0.4 is 15.4 Å². The summed E-state index contributed by atoms with van der Waals surface area (Å²) in [6, 6.07) is 13.7. The van der Waals surface area contributed by atoms with Crippen molar-refractivity contribution in [3.8, 4) is 5.75 Å². The van der Waals surface area contributed by atoms with Gasteiger partial charge in [0.2, 0.25) is 0 Å². The molecule has 1 amide bonds. The van der Waals surface area contributed by atoms with Gasteiger partial charge in [-0.25, -0.2) is 4.98 Å². The van der Waals surface area contributed by atoms with Crippen LogP contribution in [-0.2, 0) is 6.54 Å². The van der Waals surface area contributed by atoms with Gasteiger partial charge in [0, 0.05) is 23.7 Å². The van der Waals surface area contributed by atoms with Gasteiger partial charge in [0.1, 0.15) is 5.75 Å². The van der Waals surface area contributed by atoms with Gasteiger partial charge >= 0.3 is 0 Å². The first-order valence-corrected chi connectivity index (χ1v) is 9.14. The van der Waals surface area contributed by atoms with Crippen molar-refractivity contribution in [1.29, 1.82) is 0 Å². The number of hydrogen-bond donors (Lipinski definition) is 2. The normalized spacial score (nSPS) is 10.4. The molecule has 3 rings (SSSR count). The molecule has 3 aromatic rings. The van der Waals surface area contributed by atoms with E-state index in [2.05, 4.69) is 34.7 Å². The number of aryl methyl sites for hydroxylation is 2. The van der Waals surface area contributed by atoms with E-state index in [1.807, 2.05) is 36.6 Å². The second-order valence-corrected chi connectivity index (χ2v) is 6.80. The minimum absolute atomic E-state index is 0.235. The van der Waals surface area contributed by atoms with Gasteiger partial charge in [-0.3, -0.25) is 10.1 Å². The van der Waals surface area contributed by atoms with Crippen LogP contribution in [0.5, 0.6) is 5.75 Å². The molecule has 1 aromatic heterocycles. The molecule has 0 atom stereocenters. The number of carbonyl (C=O) groups excluding carboxylic acids is 1. The molecule has 0 saturated carbocycles. The molecule has 0 radical (unpaired) electrons. The summed E-state index contributed by atoms with van der Waals surface area (Å²) in [6.45, 7) is 4.69. The third-order valence-corrected chi connectivity index (χ3v) is 4.91. The second kappa shape index (κ2) is 8.01. The Hall–Kier alpha value is -2.86. The van der Waals surface area contributed by atoms with Gasteiger partial charge < -0.3 is 10.1 Å². The predicted octanol–water partition coefficient (Wildman–Crippen LogP) is 4.63. The molecule has 0 saturated heterocycles. The van der Waals surface area contributed by atoms with Gasteiger partial charge in [-0.05, 0) is 37.1 Å². The van der Waals surface area contributed by atoms with E-state index in [4.69, 9.17) is 4.74 Å². The number of hydrogen-bond acceptors (Lipinski definition) is 5. The summed E-state index contributed by atoms with van der Waals surface area (Å²) in [4.78, 5) is 16.7. The number of nitrogens with zero attached hydrogens (tertiary/aromatic N) is 1. The zero-order chi connectivity index (χ0) is 18.5. The van der Waals surface area contributed by atoms with Crippen molar-refractivity contribution in [3.63, 3.8) is 0 Å². The van der Waals surface area contributed by atoms with Crippen LogP contribution in [0.1, 0.15) is 27.2 Å². The zero-order valence-corrected chi connectivity index (χ0v) is 15.8. The van der Waals surface area contributed by atoms with E-state index in [1.54, 1.807) is 13.2 Å². The lowest BCUT2D eigenvalue weighted by atomic mass is 10.1. The fraction of sp³-hybridized carbons (Fsp3) is 0.200. The van der Waals surface area contributed by atoms with E-state index >= 15 is 0 Å². The van der Waals surface area contributed by atoms with E-state index in [9.17, 15) is 4.79 Å². The highest BCUT2D eigenvalue weighted by atomic mass is 32.1. The Balaban J connectivity index is 1.72. The zero-order valence-electron chi connectivity index (χ0n) is 15.0. The summed E-state index contributed by atoms with van der Waals surface area (Å²) in [7, 11) is 1.56. The molecular formula is C20H21N3O2S.